The van der Waals surface area contributed by atoms with Crippen molar-refractivity contribution in [1.82, 2.24) is 4.68 Å². The van der Waals surface area contributed by atoms with Crippen LogP contribution in [0.2, 0.25) is 0 Å². The fourth-order valence-electron chi connectivity index (χ4n) is 2.55. The second kappa shape index (κ2) is 5.96. The maximum atomic E-state index is 3.56. The Bertz CT molecular complexity index is 492. The van der Waals surface area contributed by atoms with Crippen LogP contribution in [0, 0.1) is 19.8 Å². The summed E-state index contributed by atoms with van der Waals surface area (Å²) in [7, 11) is 0. The molecule has 0 spiro atoms. The SMILES string of the molecule is Cc1ccc(C)n1NCC(c1ccccc1)C(C)C. The van der Waals surface area contributed by atoms with Gasteiger partial charge in [0.15, 0.2) is 0 Å². The third kappa shape index (κ3) is 3.19. The van der Waals surface area contributed by atoms with Gasteiger partial charge in [0.2, 0.25) is 0 Å². The van der Waals surface area contributed by atoms with Crippen molar-refractivity contribution in [1.29, 1.82) is 0 Å². The molecule has 2 rings (SSSR count). The lowest BCUT2D eigenvalue weighted by Gasteiger charge is -2.24. The Morgan fingerprint density at radius 2 is 1.53 bits per heavy atom. The highest BCUT2D eigenvalue weighted by Crippen LogP contribution is 2.23. The summed E-state index contributed by atoms with van der Waals surface area (Å²) in [5.41, 5.74) is 7.48. The van der Waals surface area contributed by atoms with Crippen LogP contribution in [0.5, 0.6) is 0 Å². The summed E-state index contributed by atoms with van der Waals surface area (Å²) < 4.78 is 2.18. The van der Waals surface area contributed by atoms with Gasteiger partial charge in [-0.05, 0) is 37.5 Å². The van der Waals surface area contributed by atoms with E-state index in [4.69, 9.17) is 0 Å². The quantitative estimate of drug-likeness (QED) is 0.852. The molecule has 2 aromatic rings. The molecule has 0 amide bonds. The van der Waals surface area contributed by atoms with Gasteiger partial charge in [0.25, 0.3) is 0 Å². The first-order valence-electron chi connectivity index (χ1n) is 7.03. The Labute approximate surface area is 116 Å². The minimum absolute atomic E-state index is 0.530. The normalized spacial score (nSPS) is 12.7. The van der Waals surface area contributed by atoms with Crippen molar-refractivity contribution in [2.24, 2.45) is 5.92 Å². The van der Waals surface area contributed by atoms with E-state index in [1.807, 2.05) is 0 Å². The van der Waals surface area contributed by atoms with Crippen molar-refractivity contribution in [3.8, 4) is 0 Å². The fraction of sp³-hybridized carbons (Fsp3) is 0.412. The second-order valence-corrected chi connectivity index (χ2v) is 5.57. The van der Waals surface area contributed by atoms with Crippen molar-refractivity contribution in [3.63, 3.8) is 0 Å². The predicted octanol–water partition coefficient (Wildman–Crippen LogP) is 4.09. The Morgan fingerprint density at radius 3 is 2.05 bits per heavy atom. The summed E-state index contributed by atoms with van der Waals surface area (Å²) in [6.45, 7) is 9.79. The summed E-state index contributed by atoms with van der Waals surface area (Å²) in [6, 6.07) is 15.1. The Kier molecular flexibility index (Phi) is 4.31. The van der Waals surface area contributed by atoms with Crippen LogP contribution in [0.15, 0.2) is 42.5 Å². The zero-order chi connectivity index (χ0) is 13.8. The molecule has 102 valence electrons. The highest BCUT2D eigenvalue weighted by atomic mass is 15.4. The monoisotopic (exact) mass is 256 g/mol. The van der Waals surface area contributed by atoms with Crippen molar-refractivity contribution >= 4 is 0 Å². The van der Waals surface area contributed by atoms with Gasteiger partial charge in [-0.3, -0.25) is 4.68 Å². The van der Waals surface area contributed by atoms with Gasteiger partial charge in [0.1, 0.15) is 0 Å². The lowest BCUT2D eigenvalue weighted by atomic mass is 9.88. The fourth-order valence-corrected chi connectivity index (χ4v) is 2.55. The third-order valence-electron chi connectivity index (χ3n) is 3.77. The van der Waals surface area contributed by atoms with Crippen LogP contribution < -0.4 is 5.43 Å². The molecule has 1 unspecified atom stereocenters. The lowest BCUT2D eigenvalue weighted by molar-refractivity contribution is 0.501. The van der Waals surface area contributed by atoms with Crippen molar-refractivity contribution in [2.75, 3.05) is 12.0 Å². The molecule has 0 aliphatic carbocycles. The second-order valence-electron chi connectivity index (χ2n) is 5.57. The average molecular weight is 256 g/mol. The Hall–Kier alpha value is -1.70. The topological polar surface area (TPSA) is 17.0 Å². The number of aromatic nitrogens is 1. The molecule has 19 heavy (non-hydrogen) atoms. The van der Waals surface area contributed by atoms with Gasteiger partial charge in [0, 0.05) is 23.9 Å². The molecule has 2 heteroatoms. The summed E-state index contributed by atoms with van der Waals surface area (Å²) in [5.74, 6) is 1.15. The van der Waals surface area contributed by atoms with Crippen molar-refractivity contribution < 1.29 is 0 Å². The van der Waals surface area contributed by atoms with E-state index in [2.05, 4.69) is 80.3 Å². The van der Waals surface area contributed by atoms with Crippen LogP contribution in [0.25, 0.3) is 0 Å². The number of hydrogen-bond acceptors (Lipinski definition) is 1. The van der Waals surface area contributed by atoms with E-state index in [-0.39, 0.29) is 0 Å². The van der Waals surface area contributed by atoms with Crippen LogP contribution in [0.1, 0.15) is 36.7 Å². The molecule has 0 saturated heterocycles. The zero-order valence-electron chi connectivity index (χ0n) is 12.4. The summed E-state index contributed by atoms with van der Waals surface area (Å²) in [4.78, 5) is 0. The molecule has 0 fully saturated rings. The van der Waals surface area contributed by atoms with Crippen molar-refractivity contribution in [3.05, 3.63) is 59.4 Å². The van der Waals surface area contributed by atoms with Gasteiger partial charge < -0.3 is 5.43 Å². The van der Waals surface area contributed by atoms with E-state index >= 15 is 0 Å². The molecule has 1 aromatic heterocycles. The maximum absolute atomic E-state index is 3.56. The summed E-state index contributed by atoms with van der Waals surface area (Å²) >= 11 is 0. The molecule has 1 N–H and O–H groups in total. The van der Waals surface area contributed by atoms with E-state index in [9.17, 15) is 0 Å². The van der Waals surface area contributed by atoms with Crippen LogP contribution >= 0.6 is 0 Å². The first kappa shape index (κ1) is 13.7. The largest absolute Gasteiger partial charge is 0.325 e. The van der Waals surface area contributed by atoms with Gasteiger partial charge in [0.05, 0.1) is 0 Å². The number of nitrogens with one attached hydrogen (secondary N) is 1. The third-order valence-corrected chi connectivity index (χ3v) is 3.77. The first-order chi connectivity index (χ1) is 9.09. The van der Waals surface area contributed by atoms with Gasteiger partial charge >= 0.3 is 0 Å². The molecule has 0 aliphatic heterocycles. The molecule has 2 nitrogen and oxygen atoms in total. The molecule has 1 aromatic carbocycles. The van der Waals surface area contributed by atoms with E-state index in [1.165, 1.54) is 17.0 Å². The molecule has 1 heterocycles. The van der Waals surface area contributed by atoms with Gasteiger partial charge in [-0.15, -0.1) is 0 Å². The molecule has 1 atom stereocenters. The Morgan fingerprint density at radius 1 is 0.947 bits per heavy atom. The standard InChI is InChI=1S/C17H24N2/c1-13(2)17(16-8-6-5-7-9-16)12-18-19-14(3)10-11-15(19)4/h5-11,13,17-18H,12H2,1-4H3. The van der Waals surface area contributed by atoms with E-state index in [1.54, 1.807) is 0 Å². The summed E-state index contributed by atoms with van der Waals surface area (Å²) in [5, 5.41) is 0. The molecule has 0 saturated carbocycles. The smallest absolute Gasteiger partial charge is 0.0385 e. The van der Waals surface area contributed by atoms with E-state index in [0.717, 1.165) is 6.54 Å². The highest BCUT2D eigenvalue weighted by Gasteiger charge is 2.15. The number of nitrogens with zero attached hydrogens (tertiary/aromatic N) is 1. The first-order valence-corrected chi connectivity index (χ1v) is 7.03. The van der Waals surface area contributed by atoms with Crippen LogP contribution in [0.3, 0.4) is 0 Å². The minimum Gasteiger partial charge on any atom is -0.325 e. The number of benzene rings is 1. The van der Waals surface area contributed by atoms with Crippen molar-refractivity contribution in [2.45, 2.75) is 33.6 Å². The van der Waals surface area contributed by atoms with Gasteiger partial charge in [-0.2, -0.15) is 0 Å². The van der Waals surface area contributed by atoms with Gasteiger partial charge in [-0.25, -0.2) is 0 Å². The number of rotatable bonds is 5. The molecule has 0 radical (unpaired) electrons. The zero-order valence-corrected chi connectivity index (χ0v) is 12.4. The molecular formula is C17H24N2. The Balaban J connectivity index is 2.11. The predicted molar refractivity (Wildman–Crippen MR) is 82.2 cm³/mol. The minimum atomic E-state index is 0.530. The molecule has 0 aliphatic rings. The van der Waals surface area contributed by atoms with Gasteiger partial charge in [-0.1, -0.05) is 44.2 Å². The molecular weight excluding hydrogens is 232 g/mol. The highest BCUT2D eigenvalue weighted by molar-refractivity contribution is 5.22. The number of hydrogen-bond donors (Lipinski definition) is 1. The molecule has 0 bridgehead atoms. The van der Waals surface area contributed by atoms with Crippen LogP contribution in [0.4, 0.5) is 0 Å². The van der Waals surface area contributed by atoms with E-state index < -0.39 is 0 Å². The van der Waals surface area contributed by atoms with Crippen LogP contribution in [-0.4, -0.2) is 11.2 Å². The maximum Gasteiger partial charge on any atom is 0.0385 e. The number of aryl methyl sites for hydroxylation is 2. The van der Waals surface area contributed by atoms with Crippen LogP contribution in [-0.2, 0) is 0 Å². The lowest BCUT2D eigenvalue weighted by Crippen LogP contribution is -2.25. The average Bonchev–Trinajstić information content (AvgIpc) is 2.71. The summed E-state index contributed by atoms with van der Waals surface area (Å²) in [6.07, 6.45) is 0. The van der Waals surface area contributed by atoms with E-state index in [0.29, 0.717) is 11.8 Å².